The maximum absolute atomic E-state index is 13.7. The third kappa shape index (κ3) is 7.52. The van der Waals surface area contributed by atoms with Crippen LogP contribution < -0.4 is 9.62 Å². The number of carbonyl (C=O) groups is 2. The van der Waals surface area contributed by atoms with Crippen LogP contribution in [-0.4, -0.2) is 62.2 Å². The number of hydrogen-bond donors (Lipinski definition) is 1. The summed E-state index contributed by atoms with van der Waals surface area (Å²) in [4.78, 5) is 28.4. The van der Waals surface area contributed by atoms with Crippen molar-refractivity contribution in [1.29, 1.82) is 0 Å². The Hall–Kier alpha value is -2.98. The van der Waals surface area contributed by atoms with E-state index in [1.807, 2.05) is 31.2 Å². The van der Waals surface area contributed by atoms with Crippen molar-refractivity contribution < 1.29 is 22.4 Å². The smallest absolute Gasteiger partial charge is 0.304 e. The van der Waals surface area contributed by atoms with Gasteiger partial charge in [-0.1, -0.05) is 49.1 Å². The Bertz CT molecular complexity index is 1180. The van der Waals surface area contributed by atoms with Crippen molar-refractivity contribution in [3.63, 3.8) is 0 Å². The lowest BCUT2D eigenvalue weighted by atomic mass is 9.95. The zero-order valence-corrected chi connectivity index (χ0v) is 22.8. The van der Waals surface area contributed by atoms with Gasteiger partial charge in [-0.05, 0) is 56.5 Å². The molecule has 1 saturated carbocycles. The van der Waals surface area contributed by atoms with Crippen molar-refractivity contribution in [3.8, 4) is 0 Å². The predicted octanol–water partition coefficient (Wildman–Crippen LogP) is 3.61. The lowest BCUT2D eigenvalue weighted by Crippen LogP contribution is -2.53. The molecule has 2 aromatic rings. The van der Waals surface area contributed by atoms with E-state index in [-0.39, 0.29) is 24.2 Å². The van der Waals surface area contributed by atoms with Crippen molar-refractivity contribution in [1.82, 2.24) is 14.5 Å². The highest BCUT2D eigenvalue weighted by Crippen LogP contribution is 2.22. The molecular formula is C27H37FN4O4S. The minimum atomic E-state index is -4.09. The number of benzene rings is 2. The molecule has 1 fully saturated rings. The summed E-state index contributed by atoms with van der Waals surface area (Å²) in [5.74, 6) is -1.33. The summed E-state index contributed by atoms with van der Waals surface area (Å²) in [7, 11) is -1.36. The van der Waals surface area contributed by atoms with E-state index in [0.29, 0.717) is 0 Å². The summed E-state index contributed by atoms with van der Waals surface area (Å²) in [6, 6.07) is 11.8. The summed E-state index contributed by atoms with van der Waals surface area (Å²) < 4.78 is 41.8. The van der Waals surface area contributed by atoms with Gasteiger partial charge in [0.1, 0.15) is 18.4 Å². The maximum Gasteiger partial charge on any atom is 0.304 e. The van der Waals surface area contributed by atoms with Crippen molar-refractivity contribution in [2.75, 3.05) is 24.9 Å². The van der Waals surface area contributed by atoms with Gasteiger partial charge in [-0.15, -0.1) is 0 Å². The Labute approximate surface area is 219 Å². The van der Waals surface area contributed by atoms with Crippen LogP contribution in [0, 0.1) is 12.7 Å². The van der Waals surface area contributed by atoms with Gasteiger partial charge in [-0.2, -0.15) is 12.7 Å². The number of aryl methyl sites for hydroxylation is 1. The van der Waals surface area contributed by atoms with E-state index in [1.54, 1.807) is 6.92 Å². The van der Waals surface area contributed by atoms with Crippen LogP contribution in [0.3, 0.4) is 0 Å². The molecule has 2 aromatic carbocycles. The van der Waals surface area contributed by atoms with Gasteiger partial charge in [0.15, 0.2) is 0 Å². The fourth-order valence-electron chi connectivity index (χ4n) is 4.48. The maximum atomic E-state index is 13.7. The first-order valence-corrected chi connectivity index (χ1v) is 14.0. The second kappa shape index (κ2) is 12.5. The van der Waals surface area contributed by atoms with E-state index >= 15 is 0 Å². The molecule has 8 nitrogen and oxygen atoms in total. The number of hydrogen-bond acceptors (Lipinski definition) is 4. The van der Waals surface area contributed by atoms with Crippen LogP contribution in [0.5, 0.6) is 0 Å². The fraction of sp³-hybridized carbons (Fsp3) is 0.481. The lowest BCUT2D eigenvalue weighted by molar-refractivity contribution is -0.139. The van der Waals surface area contributed by atoms with Gasteiger partial charge in [0, 0.05) is 26.7 Å². The van der Waals surface area contributed by atoms with E-state index in [1.165, 1.54) is 31.1 Å². The molecule has 1 N–H and O–H groups in total. The Balaban J connectivity index is 1.91. The fourth-order valence-corrected chi connectivity index (χ4v) is 5.54. The molecule has 1 aliphatic rings. The molecule has 0 heterocycles. The quantitative estimate of drug-likeness (QED) is 0.506. The second-order valence-electron chi connectivity index (χ2n) is 9.80. The molecule has 0 spiro atoms. The van der Waals surface area contributed by atoms with Crippen LogP contribution in [0.2, 0.25) is 0 Å². The number of carbonyl (C=O) groups excluding carboxylic acids is 2. The zero-order chi connectivity index (χ0) is 27.2. The summed E-state index contributed by atoms with van der Waals surface area (Å²) >= 11 is 0. The first-order chi connectivity index (χ1) is 17.5. The van der Waals surface area contributed by atoms with E-state index < -0.39 is 34.5 Å². The first-order valence-electron chi connectivity index (χ1n) is 12.6. The van der Waals surface area contributed by atoms with Gasteiger partial charge in [0.05, 0.1) is 5.69 Å². The number of amides is 2. The summed E-state index contributed by atoms with van der Waals surface area (Å²) in [6.07, 6.45) is 5.08. The molecule has 3 rings (SSSR count). The minimum Gasteiger partial charge on any atom is -0.352 e. The monoisotopic (exact) mass is 532 g/mol. The molecule has 0 aliphatic heterocycles. The normalized spacial score (nSPS) is 15.3. The molecule has 0 aromatic heterocycles. The van der Waals surface area contributed by atoms with Crippen LogP contribution >= 0.6 is 0 Å². The Morgan fingerprint density at radius 2 is 1.70 bits per heavy atom. The van der Waals surface area contributed by atoms with Gasteiger partial charge in [-0.3, -0.25) is 9.59 Å². The van der Waals surface area contributed by atoms with Gasteiger partial charge < -0.3 is 10.2 Å². The number of nitrogens with zero attached hydrogens (tertiary/aromatic N) is 3. The predicted molar refractivity (Wildman–Crippen MR) is 143 cm³/mol. The van der Waals surface area contributed by atoms with E-state index in [9.17, 15) is 22.4 Å². The molecule has 10 heteroatoms. The third-order valence-electron chi connectivity index (χ3n) is 6.69. The van der Waals surface area contributed by atoms with Crippen molar-refractivity contribution in [2.45, 2.75) is 64.6 Å². The highest BCUT2D eigenvalue weighted by atomic mass is 32.2. The average Bonchev–Trinajstić information content (AvgIpc) is 2.86. The van der Waals surface area contributed by atoms with Crippen LogP contribution in [0.15, 0.2) is 48.5 Å². The number of nitrogens with one attached hydrogen (secondary N) is 1. The minimum absolute atomic E-state index is 0.0736. The van der Waals surface area contributed by atoms with Crippen molar-refractivity contribution in [2.24, 2.45) is 0 Å². The zero-order valence-electron chi connectivity index (χ0n) is 22.0. The highest BCUT2D eigenvalue weighted by molar-refractivity contribution is 7.90. The van der Waals surface area contributed by atoms with Crippen LogP contribution in [0.1, 0.15) is 50.2 Å². The number of anilines is 1. The number of rotatable bonds is 10. The summed E-state index contributed by atoms with van der Waals surface area (Å²) in [5.41, 5.74) is 1.99. The standard InChI is InChI=1S/C27H37FN4O4S/c1-20-9-8-10-22(17-20)18-31(21(2)27(34)29-24-11-6-5-7-12-24)26(33)19-32(37(35,36)30(3)4)25-15-13-23(28)14-16-25/h8-10,13-17,21,24H,5-7,11-12,18-19H2,1-4H3,(H,29,34)/t21-/m0/s1. The second-order valence-corrected chi connectivity index (χ2v) is 11.9. The molecule has 202 valence electrons. The molecule has 0 unspecified atom stereocenters. The third-order valence-corrected chi connectivity index (χ3v) is 8.51. The van der Waals surface area contributed by atoms with E-state index in [0.717, 1.165) is 64.0 Å². The lowest BCUT2D eigenvalue weighted by Gasteiger charge is -2.34. The van der Waals surface area contributed by atoms with E-state index in [4.69, 9.17) is 0 Å². The molecule has 0 bridgehead atoms. The van der Waals surface area contributed by atoms with Crippen LogP contribution in [-0.2, 0) is 26.3 Å². The molecule has 1 atom stereocenters. The molecule has 0 saturated heterocycles. The van der Waals surface area contributed by atoms with Gasteiger partial charge in [-0.25, -0.2) is 8.70 Å². The van der Waals surface area contributed by atoms with Gasteiger partial charge in [0.25, 0.3) is 0 Å². The van der Waals surface area contributed by atoms with Crippen LogP contribution in [0.4, 0.5) is 10.1 Å². The summed E-state index contributed by atoms with van der Waals surface area (Å²) in [6.45, 7) is 3.20. The topological polar surface area (TPSA) is 90.0 Å². The largest absolute Gasteiger partial charge is 0.352 e. The van der Waals surface area contributed by atoms with Gasteiger partial charge in [0.2, 0.25) is 11.8 Å². The number of halogens is 1. The van der Waals surface area contributed by atoms with Crippen molar-refractivity contribution in [3.05, 3.63) is 65.5 Å². The first kappa shape index (κ1) is 28.6. The highest BCUT2D eigenvalue weighted by Gasteiger charge is 2.33. The molecule has 1 aliphatic carbocycles. The Kier molecular flexibility index (Phi) is 9.67. The SMILES string of the molecule is Cc1cccc(CN(C(=O)CN(c2ccc(F)cc2)S(=O)(=O)N(C)C)[C@@H](C)C(=O)NC2CCCCC2)c1. The average molecular weight is 533 g/mol. The Morgan fingerprint density at radius 1 is 1.05 bits per heavy atom. The van der Waals surface area contributed by atoms with Gasteiger partial charge >= 0.3 is 10.2 Å². The Morgan fingerprint density at radius 3 is 2.30 bits per heavy atom. The van der Waals surface area contributed by atoms with Crippen LogP contribution in [0.25, 0.3) is 0 Å². The molecule has 37 heavy (non-hydrogen) atoms. The van der Waals surface area contributed by atoms with E-state index in [2.05, 4.69) is 5.32 Å². The summed E-state index contributed by atoms with van der Waals surface area (Å²) in [5, 5.41) is 3.08. The molecular weight excluding hydrogens is 495 g/mol. The van der Waals surface area contributed by atoms with Crippen molar-refractivity contribution >= 4 is 27.7 Å². The molecule has 2 amide bonds. The molecule has 0 radical (unpaired) electrons.